The highest BCUT2D eigenvalue weighted by Crippen LogP contribution is 2.22. The van der Waals surface area contributed by atoms with Crippen molar-refractivity contribution in [1.29, 1.82) is 0 Å². The first-order valence-corrected chi connectivity index (χ1v) is 10.1. The Morgan fingerprint density at radius 3 is 2.69 bits per heavy atom. The van der Waals surface area contributed by atoms with Crippen molar-refractivity contribution in [2.45, 2.75) is 43.5 Å². The zero-order chi connectivity index (χ0) is 20.8. The summed E-state index contributed by atoms with van der Waals surface area (Å²) in [6.07, 6.45) is 2.37. The quantitative estimate of drug-likeness (QED) is 0.594. The number of ether oxygens (including phenoxy) is 1. The number of nitrogens with one attached hydrogen (secondary N) is 1. The van der Waals surface area contributed by atoms with Gasteiger partial charge < -0.3 is 20.4 Å². The molecule has 0 spiro atoms. The number of primary amides is 1. The third-order valence-corrected chi connectivity index (χ3v) is 5.24. The van der Waals surface area contributed by atoms with Crippen molar-refractivity contribution in [3.8, 4) is 0 Å². The van der Waals surface area contributed by atoms with Crippen molar-refractivity contribution >= 4 is 29.3 Å². The molecule has 1 aliphatic rings. The van der Waals surface area contributed by atoms with E-state index in [9.17, 15) is 18.4 Å². The van der Waals surface area contributed by atoms with Crippen LogP contribution in [0.5, 0.6) is 0 Å². The van der Waals surface area contributed by atoms with E-state index in [1.165, 1.54) is 0 Å². The third-order valence-electron chi connectivity index (χ3n) is 4.28. The van der Waals surface area contributed by atoms with Gasteiger partial charge in [-0.3, -0.25) is 9.59 Å². The summed E-state index contributed by atoms with van der Waals surface area (Å²) in [4.78, 5) is 23.3. The van der Waals surface area contributed by atoms with E-state index >= 15 is 0 Å². The molecule has 1 aliphatic heterocycles. The molecular formula is C18H21F2N5O3S. The Bertz CT molecular complexity index is 866. The normalized spacial score (nSPS) is 16.1. The van der Waals surface area contributed by atoms with Crippen LogP contribution in [0.15, 0.2) is 23.4 Å². The summed E-state index contributed by atoms with van der Waals surface area (Å²) < 4.78 is 34.0. The number of halogens is 2. The summed E-state index contributed by atoms with van der Waals surface area (Å²) in [5, 5.41) is 11.2. The molecule has 2 amide bonds. The monoisotopic (exact) mass is 425 g/mol. The average Bonchev–Trinajstić information content (AvgIpc) is 3.28. The van der Waals surface area contributed by atoms with Crippen LogP contribution in [-0.4, -0.2) is 45.0 Å². The maximum atomic E-state index is 13.2. The number of amides is 2. The van der Waals surface area contributed by atoms with Crippen LogP contribution >= 0.6 is 11.8 Å². The van der Waals surface area contributed by atoms with Crippen LogP contribution in [0, 0.1) is 11.6 Å². The van der Waals surface area contributed by atoms with Crippen LogP contribution in [0.4, 0.5) is 14.5 Å². The lowest BCUT2D eigenvalue weighted by atomic mass is 10.2. The summed E-state index contributed by atoms with van der Waals surface area (Å²) >= 11 is 1.14. The fraction of sp³-hybridized carbons (Fsp3) is 0.444. The molecule has 3 N–H and O–H groups in total. The first-order valence-electron chi connectivity index (χ1n) is 9.11. The third kappa shape index (κ3) is 6.23. The molecule has 2 aromatic rings. The molecule has 0 radical (unpaired) electrons. The van der Waals surface area contributed by atoms with Gasteiger partial charge in [0.2, 0.25) is 11.8 Å². The minimum Gasteiger partial charge on any atom is -0.376 e. The number of aromatic nitrogens is 3. The molecule has 1 fully saturated rings. The lowest BCUT2D eigenvalue weighted by Crippen LogP contribution is -2.20. The van der Waals surface area contributed by atoms with Crippen LogP contribution in [0.25, 0.3) is 0 Å². The van der Waals surface area contributed by atoms with Crippen molar-refractivity contribution in [2.24, 2.45) is 5.73 Å². The number of aryl methyl sites for hydroxylation is 1. The number of nitrogens with two attached hydrogens (primary N) is 1. The van der Waals surface area contributed by atoms with E-state index in [0.717, 1.165) is 42.8 Å². The van der Waals surface area contributed by atoms with Gasteiger partial charge >= 0.3 is 0 Å². The van der Waals surface area contributed by atoms with Gasteiger partial charge in [0.15, 0.2) is 5.16 Å². The molecular weight excluding hydrogens is 404 g/mol. The number of hydrogen-bond donors (Lipinski definition) is 2. The van der Waals surface area contributed by atoms with Crippen LogP contribution in [0.1, 0.15) is 25.1 Å². The molecule has 156 valence electrons. The molecule has 29 heavy (non-hydrogen) atoms. The first-order chi connectivity index (χ1) is 13.9. The Balaban J connectivity index is 1.65. The van der Waals surface area contributed by atoms with Gasteiger partial charge in [-0.25, -0.2) is 8.78 Å². The van der Waals surface area contributed by atoms with Gasteiger partial charge in [0.25, 0.3) is 0 Å². The van der Waals surface area contributed by atoms with Crippen LogP contribution < -0.4 is 11.1 Å². The minimum atomic E-state index is -0.775. The van der Waals surface area contributed by atoms with Gasteiger partial charge in [-0.05, 0) is 25.0 Å². The molecule has 0 aliphatic carbocycles. The number of nitrogens with zero attached hydrogens (tertiary/aromatic N) is 3. The summed E-state index contributed by atoms with van der Waals surface area (Å²) in [6, 6.07) is 2.80. The smallest absolute Gasteiger partial charge is 0.234 e. The van der Waals surface area contributed by atoms with Crippen LogP contribution in [-0.2, 0) is 27.3 Å². The van der Waals surface area contributed by atoms with E-state index in [1.54, 1.807) is 0 Å². The second kappa shape index (κ2) is 9.79. The second-order valence-electron chi connectivity index (χ2n) is 6.61. The predicted molar refractivity (Wildman–Crippen MR) is 102 cm³/mol. The number of carbonyl (C=O) groups excluding carboxylic acids is 2. The van der Waals surface area contributed by atoms with Crippen molar-refractivity contribution in [3.05, 3.63) is 35.7 Å². The zero-order valence-electron chi connectivity index (χ0n) is 15.6. The molecule has 8 nitrogen and oxygen atoms in total. The minimum absolute atomic E-state index is 0.0155. The molecule has 3 rings (SSSR count). The van der Waals surface area contributed by atoms with Crippen LogP contribution in [0.3, 0.4) is 0 Å². The van der Waals surface area contributed by atoms with E-state index in [1.807, 2.05) is 4.57 Å². The molecule has 0 bridgehead atoms. The highest BCUT2D eigenvalue weighted by atomic mass is 32.2. The van der Waals surface area contributed by atoms with Crippen LogP contribution in [0.2, 0.25) is 0 Å². The first kappa shape index (κ1) is 21.2. The summed E-state index contributed by atoms with van der Waals surface area (Å²) in [5.74, 6) is -1.86. The average molecular weight is 425 g/mol. The molecule has 1 aromatic heterocycles. The highest BCUT2D eigenvalue weighted by Gasteiger charge is 2.21. The Morgan fingerprint density at radius 2 is 2.03 bits per heavy atom. The number of anilines is 1. The molecule has 0 saturated carbocycles. The highest BCUT2D eigenvalue weighted by molar-refractivity contribution is 7.99. The van der Waals surface area contributed by atoms with Gasteiger partial charge in [0, 0.05) is 31.2 Å². The van der Waals surface area contributed by atoms with E-state index in [2.05, 4.69) is 15.5 Å². The number of hydrogen-bond acceptors (Lipinski definition) is 6. The molecule has 2 heterocycles. The van der Waals surface area contributed by atoms with Gasteiger partial charge in [0.1, 0.15) is 17.5 Å². The standard InChI is InChI=1S/C18H21F2N5O3S/c19-11-6-12(20)8-13(7-11)22-17(27)10-29-18-24-23-16(4-3-15(21)26)25(18)9-14-2-1-5-28-14/h6-8,14H,1-5,9-10H2,(H2,21,26)(H,22,27). The Labute approximate surface area is 170 Å². The van der Waals surface area contributed by atoms with Crippen molar-refractivity contribution in [1.82, 2.24) is 14.8 Å². The molecule has 1 aromatic carbocycles. The largest absolute Gasteiger partial charge is 0.376 e. The number of rotatable bonds is 9. The van der Waals surface area contributed by atoms with E-state index in [-0.39, 0.29) is 24.0 Å². The Kier molecular flexibility index (Phi) is 7.15. The Hall–Kier alpha value is -2.53. The van der Waals surface area contributed by atoms with E-state index in [4.69, 9.17) is 10.5 Å². The molecule has 1 atom stereocenters. The predicted octanol–water partition coefficient (Wildman–Crippen LogP) is 1.88. The van der Waals surface area contributed by atoms with Crippen molar-refractivity contribution in [2.75, 3.05) is 17.7 Å². The molecule has 1 unspecified atom stereocenters. The van der Waals surface area contributed by atoms with Crippen molar-refractivity contribution < 1.29 is 23.1 Å². The maximum Gasteiger partial charge on any atom is 0.234 e. The lowest BCUT2D eigenvalue weighted by Gasteiger charge is -2.14. The number of benzene rings is 1. The molecule has 11 heteroatoms. The van der Waals surface area contributed by atoms with Gasteiger partial charge in [0.05, 0.1) is 18.4 Å². The van der Waals surface area contributed by atoms with Gasteiger partial charge in [-0.2, -0.15) is 0 Å². The SMILES string of the molecule is NC(=O)CCc1nnc(SCC(=O)Nc2cc(F)cc(F)c2)n1CC1CCCO1. The fourth-order valence-corrected chi connectivity index (χ4v) is 3.74. The summed E-state index contributed by atoms with van der Waals surface area (Å²) in [5.41, 5.74) is 5.26. The van der Waals surface area contributed by atoms with Gasteiger partial charge in [-0.15, -0.1) is 10.2 Å². The molecule has 1 saturated heterocycles. The lowest BCUT2D eigenvalue weighted by molar-refractivity contribution is -0.118. The number of thioether (sulfide) groups is 1. The zero-order valence-corrected chi connectivity index (χ0v) is 16.4. The van der Waals surface area contributed by atoms with E-state index in [0.29, 0.717) is 30.6 Å². The fourth-order valence-electron chi connectivity index (χ4n) is 2.97. The van der Waals surface area contributed by atoms with Crippen molar-refractivity contribution in [3.63, 3.8) is 0 Å². The van der Waals surface area contributed by atoms with Gasteiger partial charge in [-0.1, -0.05) is 11.8 Å². The summed E-state index contributed by atoms with van der Waals surface area (Å²) in [6.45, 7) is 1.21. The summed E-state index contributed by atoms with van der Waals surface area (Å²) in [7, 11) is 0. The second-order valence-corrected chi connectivity index (χ2v) is 7.55. The topological polar surface area (TPSA) is 112 Å². The number of carbonyl (C=O) groups is 2. The maximum absolute atomic E-state index is 13.2. The Morgan fingerprint density at radius 1 is 1.28 bits per heavy atom. The van der Waals surface area contributed by atoms with E-state index < -0.39 is 23.4 Å².